The summed E-state index contributed by atoms with van der Waals surface area (Å²) < 4.78 is 21.9. The van der Waals surface area contributed by atoms with Gasteiger partial charge in [-0.05, 0) is 22.4 Å². The minimum atomic E-state index is -3.20. The average Bonchev–Trinajstić information content (AvgIpc) is 3.36. The Morgan fingerprint density at radius 3 is 1.68 bits per heavy atom. The van der Waals surface area contributed by atoms with Crippen LogP contribution in [-0.2, 0) is 4.57 Å². The number of fused-ring (bicyclic) bond motifs is 4. The van der Waals surface area contributed by atoms with Crippen LogP contribution in [0.5, 0.6) is 0 Å². The van der Waals surface area contributed by atoms with Crippen LogP contribution in [0.1, 0.15) is 0 Å². The zero-order valence-corrected chi connectivity index (χ0v) is 20.9. The van der Waals surface area contributed by atoms with Crippen LogP contribution in [-0.4, -0.2) is 0 Å². The molecule has 0 aliphatic heterocycles. The van der Waals surface area contributed by atoms with Crippen molar-refractivity contribution in [3.8, 4) is 11.1 Å². The smallest absolute Gasteiger partial charge is 0.174 e. The van der Waals surface area contributed by atoms with Crippen molar-refractivity contribution in [3.63, 3.8) is 0 Å². The molecular formula is C34H23O2P. The molecule has 7 aromatic rings. The molecule has 6 aromatic carbocycles. The second-order valence-electron chi connectivity index (χ2n) is 9.25. The maximum Gasteiger partial charge on any atom is 0.174 e. The molecule has 3 heteroatoms. The van der Waals surface area contributed by atoms with E-state index in [1.165, 1.54) is 10.8 Å². The molecular weight excluding hydrogens is 471 g/mol. The maximum absolute atomic E-state index is 15.2. The molecule has 0 radical (unpaired) electrons. The van der Waals surface area contributed by atoms with E-state index in [9.17, 15) is 0 Å². The van der Waals surface area contributed by atoms with Gasteiger partial charge in [0.2, 0.25) is 0 Å². The van der Waals surface area contributed by atoms with Crippen LogP contribution in [0.2, 0.25) is 0 Å². The molecule has 0 spiro atoms. The lowest BCUT2D eigenvalue weighted by atomic mass is 9.97. The minimum absolute atomic E-state index is 0.682. The molecule has 0 unspecified atom stereocenters. The number of furan rings is 1. The van der Waals surface area contributed by atoms with Crippen LogP contribution < -0.4 is 15.9 Å². The largest absolute Gasteiger partial charge is 0.455 e. The molecule has 7 rings (SSSR count). The zero-order valence-electron chi connectivity index (χ0n) is 20.0. The fourth-order valence-corrected chi connectivity index (χ4v) is 8.22. The first-order valence-electron chi connectivity index (χ1n) is 12.4. The highest BCUT2D eigenvalue weighted by Gasteiger charge is 2.33. The standard InChI is InChI=1S/C34H23O2P/c35-37(25-14-3-1-4-15-25,26-16-5-2-6-17-26)32-23-11-22-31-30-21-10-20-29(33(30)36-34(31)32)28-19-9-13-24-12-7-8-18-27(24)28/h1-23H. The lowest BCUT2D eigenvalue weighted by molar-refractivity contribution is 0.592. The third kappa shape index (κ3) is 3.38. The Morgan fingerprint density at radius 2 is 0.946 bits per heavy atom. The summed E-state index contributed by atoms with van der Waals surface area (Å²) in [6, 6.07) is 46.6. The van der Waals surface area contributed by atoms with Gasteiger partial charge >= 0.3 is 0 Å². The highest BCUT2D eigenvalue weighted by atomic mass is 31.2. The van der Waals surface area contributed by atoms with Crippen molar-refractivity contribution in [2.24, 2.45) is 0 Å². The molecule has 176 valence electrons. The van der Waals surface area contributed by atoms with Gasteiger partial charge in [0.1, 0.15) is 11.2 Å². The number of hydrogen-bond acceptors (Lipinski definition) is 2. The summed E-state index contributed by atoms with van der Waals surface area (Å²) in [5, 5.41) is 6.68. The Labute approximate surface area is 215 Å². The fourth-order valence-electron chi connectivity index (χ4n) is 5.43. The van der Waals surface area contributed by atoms with Gasteiger partial charge in [0, 0.05) is 26.9 Å². The van der Waals surface area contributed by atoms with E-state index >= 15 is 4.57 Å². The Morgan fingerprint density at radius 1 is 0.432 bits per heavy atom. The Balaban J connectivity index is 1.56. The van der Waals surface area contributed by atoms with Gasteiger partial charge < -0.3 is 8.98 Å². The van der Waals surface area contributed by atoms with Gasteiger partial charge in [-0.2, -0.15) is 0 Å². The van der Waals surface area contributed by atoms with Crippen LogP contribution in [0, 0.1) is 0 Å². The van der Waals surface area contributed by atoms with E-state index < -0.39 is 7.14 Å². The first-order valence-corrected chi connectivity index (χ1v) is 14.1. The molecule has 1 aromatic heterocycles. The second-order valence-corrected chi connectivity index (χ2v) is 12.0. The van der Waals surface area contributed by atoms with Crippen LogP contribution >= 0.6 is 7.14 Å². The quantitative estimate of drug-likeness (QED) is 0.232. The fraction of sp³-hybridized carbons (Fsp3) is 0. The summed E-state index contributed by atoms with van der Waals surface area (Å²) in [5.41, 5.74) is 3.65. The molecule has 0 fully saturated rings. The Bertz CT molecular complexity index is 1900. The summed E-state index contributed by atoms with van der Waals surface area (Å²) in [5.74, 6) is 0. The number of para-hydroxylation sites is 2. The molecule has 0 amide bonds. The van der Waals surface area contributed by atoms with E-state index in [4.69, 9.17) is 4.42 Å². The summed E-state index contributed by atoms with van der Waals surface area (Å²) in [7, 11) is -3.20. The van der Waals surface area contributed by atoms with Crippen LogP contribution in [0.25, 0.3) is 43.8 Å². The van der Waals surface area contributed by atoms with E-state index in [2.05, 4.69) is 66.7 Å². The van der Waals surface area contributed by atoms with Gasteiger partial charge in [-0.25, -0.2) is 0 Å². The molecule has 2 nitrogen and oxygen atoms in total. The third-order valence-corrected chi connectivity index (χ3v) is 10.2. The molecule has 0 aliphatic rings. The van der Waals surface area contributed by atoms with Crippen molar-refractivity contribution < 1.29 is 8.98 Å². The Kier molecular flexibility index (Phi) is 5.09. The molecule has 0 aliphatic carbocycles. The first kappa shape index (κ1) is 21.9. The summed E-state index contributed by atoms with van der Waals surface area (Å²) in [4.78, 5) is 0. The van der Waals surface area contributed by atoms with Crippen molar-refractivity contribution >= 4 is 55.8 Å². The van der Waals surface area contributed by atoms with Crippen LogP contribution in [0.4, 0.5) is 0 Å². The van der Waals surface area contributed by atoms with Crippen molar-refractivity contribution in [2.75, 3.05) is 0 Å². The van der Waals surface area contributed by atoms with Gasteiger partial charge in [0.05, 0.1) is 5.30 Å². The maximum atomic E-state index is 15.2. The van der Waals surface area contributed by atoms with Gasteiger partial charge in [-0.3, -0.25) is 0 Å². The summed E-state index contributed by atoms with van der Waals surface area (Å²) in [6.45, 7) is 0. The predicted octanol–water partition coefficient (Wildman–Crippen LogP) is 8.05. The van der Waals surface area contributed by atoms with Crippen molar-refractivity contribution in [1.82, 2.24) is 0 Å². The predicted molar refractivity (Wildman–Crippen MR) is 156 cm³/mol. The van der Waals surface area contributed by atoms with E-state index in [0.717, 1.165) is 43.4 Å². The van der Waals surface area contributed by atoms with E-state index in [0.29, 0.717) is 5.58 Å². The minimum Gasteiger partial charge on any atom is -0.455 e. The monoisotopic (exact) mass is 494 g/mol. The first-order chi connectivity index (χ1) is 18.2. The van der Waals surface area contributed by atoms with Crippen LogP contribution in [0.3, 0.4) is 0 Å². The molecule has 0 bridgehead atoms. The molecule has 0 saturated carbocycles. The van der Waals surface area contributed by atoms with Gasteiger partial charge in [-0.15, -0.1) is 0 Å². The second kappa shape index (κ2) is 8.62. The van der Waals surface area contributed by atoms with Gasteiger partial charge in [-0.1, -0.05) is 133 Å². The van der Waals surface area contributed by atoms with Crippen molar-refractivity contribution in [2.45, 2.75) is 0 Å². The lowest BCUT2D eigenvalue weighted by Crippen LogP contribution is -2.25. The topological polar surface area (TPSA) is 30.2 Å². The number of hydrogen-bond donors (Lipinski definition) is 0. The average molecular weight is 495 g/mol. The van der Waals surface area contributed by atoms with Crippen molar-refractivity contribution in [3.05, 3.63) is 140 Å². The van der Waals surface area contributed by atoms with Gasteiger partial charge in [0.15, 0.2) is 7.14 Å². The molecule has 0 saturated heterocycles. The molecule has 0 atom stereocenters. The molecule has 1 heterocycles. The third-order valence-electron chi connectivity index (χ3n) is 7.16. The van der Waals surface area contributed by atoms with E-state index in [1.54, 1.807) is 0 Å². The highest BCUT2D eigenvalue weighted by Crippen LogP contribution is 2.46. The zero-order chi connectivity index (χ0) is 24.8. The number of rotatable bonds is 4. The molecule has 37 heavy (non-hydrogen) atoms. The molecule has 0 N–H and O–H groups in total. The van der Waals surface area contributed by atoms with Crippen LogP contribution in [0.15, 0.2) is 144 Å². The Hall–Kier alpha value is -4.39. The summed E-state index contributed by atoms with van der Waals surface area (Å²) >= 11 is 0. The highest BCUT2D eigenvalue weighted by molar-refractivity contribution is 7.85. The van der Waals surface area contributed by atoms with E-state index in [-0.39, 0.29) is 0 Å². The van der Waals surface area contributed by atoms with Gasteiger partial charge in [0.25, 0.3) is 0 Å². The van der Waals surface area contributed by atoms with E-state index in [1.807, 2.05) is 72.8 Å². The summed E-state index contributed by atoms with van der Waals surface area (Å²) in [6.07, 6.45) is 0. The normalized spacial score (nSPS) is 11.9. The SMILES string of the molecule is O=P(c1ccccc1)(c1ccccc1)c1cccc2c1oc1c(-c3cccc4ccccc34)cccc12. The lowest BCUT2D eigenvalue weighted by Gasteiger charge is -2.20. The van der Waals surface area contributed by atoms with Crippen molar-refractivity contribution in [1.29, 1.82) is 0 Å². The number of benzene rings is 6.